The highest BCUT2D eigenvalue weighted by Crippen LogP contribution is 2.30. The third kappa shape index (κ3) is 4.83. The van der Waals surface area contributed by atoms with Crippen molar-refractivity contribution in [2.45, 2.75) is 31.2 Å². The van der Waals surface area contributed by atoms with Gasteiger partial charge < -0.3 is 0 Å². The van der Waals surface area contributed by atoms with Crippen molar-refractivity contribution in [1.82, 2.24) is 4.90 Å². The SMILES string of the molecule is C=CCS(=O)(=O)C1CC(Cc2ccccc2)CCN1Cc1ccccc1. The topological polar surface area (TPSA) is 37.4 Å². The van der Waals surface area contributed by atoms with E-state index in [0.717, 1.165) is 24.9 Å². The molecule has 1 fully saturated rings. The van der Waals surface area contributed by atoms with E-state index in [9.17, 15) is 8.42 Å². The molecule has 1 aliphatic rings. The predicted molar refractivity (Wildman–Crippen MR) is 107 cm³/mol. The van der Waals surface area contributed by atoms with Gasteiger partial charge in [-0.2, -0.15) is 0 Å². The monoisotopic (exact) mass is 369 g/mol. The zero-order chi connectivity index (χ0) is 18.4. The number of nitrogens with zero attached hydrogens (tertiary/aromatic N) is 1. The lowest BCUT2D eigenvalue weighted by Gasteiger charge is -2.39. The molecule has 0 N–H and O–H groups in total. The van der Waals surface area contributed by atoms with Crippen molar-refractivity contribution in [3.05, 3.63) is 84.4 Å². The number of rotatable bonds is 7. The van der Waals surface area contributed by atoms with E-state index in [1.54, 1.807) is 0 Å². The third-order valence-electron chi connectivity index (χ3n) is 5.13. The van der Waals surface area contributed by atoms with Gasteiger partial charge in [-0.25, -0.2) is 8.42 Å². The first-order valence-electron chi connectivity index (χ1n) is 9.23. The van der Waals surface area contributed by atoms with Crippen LogP contribution >= 0.6 is 0 Å². The summed E-state index contributed by atoms with van der Waals surface area (Å²) in [5, 5.41) is -0.428. The van der Waals surface area contributed by atoms with Crippen molar-refractivity contribution in [3.8, 4) is 0 Å². The van der Waals surface area contributed by atoms with Crippen molar-refractivity contribution < 1.29 is 8.42 Å². The van der Waals surface area contributed by atoms with Gasteiger partial charge in [-0.3, -0.25) is 4.90 Å². The fourth-order valence-electron chi connectivity index (χ4n) is 3.83. The number of hydrogen-bond donors (Lipinski definition) is 0. The lowest BCUT2D eigenvalue weighted by molar-refractivity contribution is 0.150. The van der Waals surface area contributed by atoms with Crippen LogP contribution in [0.1, 0.15) is 24.0 Å². The van der Waals surface area contributed by atoms with Crippen LogP contribution in [-0.4, -0.2) is 31.0 Å². The lowest BCUT2D eigenvalue weighted by atomic mass is 9.90. The summed E-state index contributed by atoms with van der Waals surface area (Å²) in [5.41, 5.74) is 2.45. The van der Waals surface area contributed by atoms with Gasteiger partial charge in [0.25, 0.3) is 0 Å². The van der Waals surface area contributed by atoms with Crippen molar-refractivity contribution in [3.63, 3.8) is 0 Å². The second-order valence-corrected chi connectivity index (χ2v) is 9.31. The maximum atomic E-state index is 12.9. The summed E-state index contributed by atoms with van der Waals surface area (Å²) in [6.07, 6.45) is 4.18. The molecule has 0 bridgehead atoms. The molecule has 0 aromatic heterocycles. The average molecular weight is 370 g/mol. The Hall–Kier alpha value is -1.91. The highest BCUT2D eigenvalue weighted by atomic mass is 32.2. The minimum Gasteiger partial charge on any atom is -0.283 e. The second-order valence-electron chi connectivity index (χ2n) is 7.11. The smallest absolute Gasteiger partial charge is 0.169 e. The largest absolute Gasteiger partial charge is 0.283 e. The van der Waals surface area contributed by atoms with Crippen LogP contribution in [0.5, 0.6) is 0 Å². The van der Waals surface area contributed by atoms with E-state index in [4.69, 9.17) is 0 Å². The Morgan fingerprint density at radius 2 is 1.62 bits per heavy atom. The molecule has 0 saturated carbocycles. The molecule has 2 unspecified atom stereocenters. The van der Waals surface area contributed by atoms with Crippen molar-refractivity contribution in [1.29, 1.82) is 0 Å². The minimum atomic E-state index is -3.22. The fraction of sp³-hybridized carbons (Fsp3) is 0.364. The predicted octanol–water partition coefficient (Wildman–Crippen LogP) is 4.07. The van der Waals surface area contributed by atoms with Crippen LogP contribution in [0.15, 0.2) is 73.3 Å². The second kappa shape index (κ2) is 8.65. The molecule has 2 aromatic rings. The molecule has 1 aliphatic heterocycles. The van der Waals surface area contributed by atoms with E-state index >= 15 is 0 Å². The van der Waals surface area contributed by atoms with E-state index < -0.39 is 15.2 Å². The van der Waals surface area contributed by atoms with Crippen molar-refractivity contribution >= 4 is 9.84 Å². The molecule has 2 aromatic carbocycles. The molecule has 0 amide bonds. The maximum absolute atomic E-state index is 12.9. The van der Waals surface area contributed by atoms with Gasteiger partial charge in [0.2, 0.25) is 0 Å². The van der Waals surface area contributed by atoms with Gasteiger partial charge in [-0.05, 0) is 36.3 Å². The summed E-state index contributed by atoms with van der Waals surface area (Å²) >= 11 is 0. The average Bonchev–Trinajstić information content (AvgIpc) is 2.64. The Kier molecular flexibility index (Phi) is 6.28. The number of sulfone groups is 1. The molecule has 3 rings (SSSR count). The summed E-state index contributed by atoms with van der Waals surface area (Å²) in [6.45, 7) is 5.13. The van der Waals surface area contributed by atoms with Gasteiger partial charge >= 0.3 is 0 Å². The molecular formula is C22H27NO2S. The summed E-state index contributed by atoms with van der Waals surface area (Å²) in [6, 6.07) is 20.5. The number of likely N-dealkylation sites (tertiary alicyclic amines) is 1. The highest BCUT2D eigenvalue weighted by Gasteiger charge is 2.36. The highest BCUT2D eigenvalue weighted by molar-refractivity contribution is 7.92. The molecular weight excluding hydrogens is 342 g/mol. The molecule has 26 heavy (non-hydrogen) atoms. The first-order chi connectivity index (χ1) is 12.6. The molecule has 2 atom stereocenters. The Bertz CT molecular complexity index is 803. The van der Waals surface area contributed by atoms with E-state index in [0.29, 0.717) is 18.9 Å². The molecule has 0 aliphatic carbocycles. The summed E-state index contributed by atoms with van der Waals surface area (Å²) < 4.78 is 25.7. The van der Waals surface area contributed by atoms with Crippen LogP contribution in [0.3, 0.4) is 0 Å². The Balaban J connectivity index is 1.76. The standard InChI is InChI=1S/C22H27NO2S/c1-2-15-26(24,25)22-17-21(16-19-9-5-3-6-10-19)13-14-23(22)18-20-11-7-4-8-12-20/h2-12,21-22H,1,13-18H2. The van der Waals surface area contributed by atoms with Gasteiger partial charge in [-0.1, -0.05) is 66.7 Å². The maximum Gasteiger partial charge on any atom is 0.169 e. The van der Waals surface area contributed by atoms with E-state index in [-0.39, 0.29) is 5.75 Å². The van der Waals surface area contributed by atoms with Gasteiger partial charge in [0.15, 0.2) is 9.84 Å². The van der Waals surface area contributed by atoms with Crippen LogP contribution in [-0.2, 0) is 22.8 Å². The van der Waals surface area contributed by atoms with Crippen LogP contribution in [0.4, 0.5) is 0 Å². The summed E-state index contributed by atoms with van der Waals surface area (Å²) in [4.78, 5) is 2.13. The van der Waals surface area contributed by atoms with E-state index in [1.807, 2.05) is 36.4 Å². The van der Waals surface area contributed by atoms with E-state index in [2.05, 4.69) is 35.7 Å². The summed E-state index contributed by atoms with van der Waals surface area (Å²) in [5.74, 6) is 0.440. The van der Waals surface area contributed by atoms with Crippen LogP contribution in [0.2, 0.25) is 0 Å². The molecule has 0 radical (unpaired) electrons. The first-order valence-corrected chi connectivity index (χ1v) is 10.9. The minimum absolute atomic E-state index is 0.0427. The number of piperidine rings is 1. The van der Waals surface area contributed by atoms with E-state index in [1.165, 1.54) is 11.6 Å². The van der Waals surface area contributed by atoms with Crippen LogP contribution < -0.4 is 0 Å². The molecule has 1 heterocycles. The number of hydrogen-bond acceptors (Lipinski definition) is 3. The molecule has 1 saturated heterocycles. The van der Waals surface area contributed by atoms with Crippen molar-refractivity contribution in [2.24, 2.45) is 5.92 Å². The molecule has 4 heteroatoms. The van der Waals surface area contributed by atoms with Crippen LogP contribution in [0, 0.1) is 5.92 Å². The number of benzene rings is 2. The Morgan fingerprint density at radius 3 is 2.23 bits per heavy atom. The third-order valence-corrected chi connectivity index (χ3v) is 7.15. The van der Waals surface area contributed by atoms with Gasteiger partial charge in [0.1, 0.15) is 5.37 Å². The quantitative estimate of drug-likeness (QED) is 0.691. The van der Waals surface area contributed by atoms with Gasteiger partial charge in [-0.15, -0.1) is 6.58 Å². The first kappa shape index (κ1) is 18.9. The summed E-state index contributed by atoms with van der Waals surface area (Å²) in [7, 11) is -3.22. The molecule has 138 valence electrons. The lowest BCUT2D eigenvalue weighted by Crippen LogP contribution is -2.47. The van der Waals surface area contributed by atoms with Crippen molar-refractivity contribution in [2.75, 3.05) is 12.3 Å². The van der Waals surface area contributed by atoms with Crippen LogP contribution in [0.25, 0.3) is 0 Å². The van der Waals surface area contributed by atoms with Gasteiger partial charge in [0.05, 0.1) is 5.75 Å². The molecule has 0 spiro atoms. The Morgan fingerprint density at radius 1 is 1.00 bits per heavy atom. The normalized spacial score (nSPS) is 21.4. The fourth-order valence-corrected chi connectivity index (χ4v) is 5.58. The zero-order valence-electron chi connectivity index (χ0n) is 15.1. The molecule has 3 nitrogen and oxygen atoms in total. The Labute approximate surface area is 157 Å². The van der Waals surface area contributed by atoms with Gasteiger partial charge in [0, 0.05) is 13.1 Å². The zero-order valence-corrected chi connectivity index (χ0v) is 15.9.